The highest BCUT2D eigenvalue weighted by Crippen LogP contribution is 2.58. The Labute approximate surface area is 99.1 Å². The molecule has 82 valence electrons. The van der Waals surface area contributed by atoms with E-state index in [9.17, 15) is 0 Å². The third-order valence-electron chi connectivity index (χ3n) is 3.88. The fourth-order valence-corrected chi connectivity index (χ4v) is 3.81. The molecule has 0 aliphatic heterocycles. The number of anilines is 1. The lowest BCUT2D eigenvalue weighted by molar-refractivity contribution is -0.0185. The van der Waals surface area contributed by atoms with Crippen LogP contribution in [-0.2, 0) is 0 Å². The van der Waals surface area contributed by atoms with Crippen molar-refractivity contribution in [2.45, 2.75) is 32.1 Å². The van der Waals surface area contributed by atoms with Gasteiger partial charge in [-0.15, -0.1) is 11.3 Å². The summed E-state index contributed by atoms with van der Waals surface area (Å²) < 4.78 is 0. The van der Waals surface area contributed by atoms with Gasteiger partial charge in [0.1, 0.15) is 5.15 Å². The number of nitrogens with zero attached hydrogens (tertiary/aromatic N) is 1. The molecule has 1 heterocycles. The van der Waals surface area contributed by atoms with Crippen LogP contribution in [0.25, 0.3) is 0 Å². The van der Waals surface area contributed by atoms with Crippen LogP contribution in [0, 0.1) is 11.3 Å². The van der Waals surface area contributed by atoms with Gasteiger partial charge >= 0.3 is 0 Å². The first-order valence-electron chi connectivity index (χ1n) is 5.61. The van der Waals surface area contributed by atoms with Gasteiger partial charge in [0.2, 0.25) is 0 Å². The molecule has 0 saturated heterocycles. The number of halogens is 1. The average Bonchev–Trinajstić information content (AvgIpc) is 2.46. The fourth-order valence-electron chi connectivity index (χ4n) is 2.96. The van der Waals surface area contributed by atoms with E-state index in [1.54, 1.807) is 11.3 Å². The quantitative estimate of drug-likeness (QED) is 0.873. The predicted molar refractivity (Wildman–Crippen MR) is 64.6 cm³/mol. The largest absolute Gasteiger partial charge is 0.361 e. The van der Waals surface area contributed by atoms with Crippen LogP contribution in [0.2, 0.25) is 5.15 Å². The molecule has 2 saturated carbocycles. The van der Waals surface area contributed by atoms with Gasteiger partial charge in [0.25, 0.3) is 0 Å². The summed E-state index contributed by atoms with van der Waals surface area (Å²) in [5.74, 6) is 0.868. The molecule has 15 heavy (non-hydrogen) atoms. The molecule has 1 spiro atoms. The van der Waals surface area contributed by atoms with Crippen molar-refractivity contribution >= 4 is 28.1 Å². The van der Waals surface area contributed by atoms with Gasteiger partial charge in [0, 0.05) is 11.9 Å². The SMILES string of the molecule is Clc1csc(NCC2CC3(CCC3)C2)n1. The molecule has 0 amide bonds. The van der Waals surface area contributed by atoms with Crippen molar-refractivity contribution in [2.75, 3.05) is 11.9 Å². The third kappa shape index (κ3) is 1.87. The molecular weight excluding hydrogens is 228 g/mol. The summed E-state index contributed by atoms with van der Waals surface area (Å²) in [6, 6.07) is 0. The minimum absolute atomic E-state index is 0.603. The Balaban J connectivity index is 1.44. The van der Waals surface area contributed by atoms with E-state index >= 15 is 0 Å². The maximum Gasteiger partial charge on any atom is 0.184 e. The van der Waals surface area contributed by atoms with Gasteiger partial charge in [-0.05, 0) is 37.0 Å². The number of nitrogens with one attached hydrogen (secondary N) is 1. The first kappa shape index (κ1) is 9.91. The summed E-state index contributed by atoms with van der Waals surface area (Å²) in [4.78, 5) is 4.18. The average molecular weight is 243 g/mol. The number of rotatable bonds is 3. The highest BCUT2D eigenvalue weighted by molar-refractivity contribution is 7.14. The molecule has 0 unspecified atom stereocenters. The van der Waals surface area contributed by atoms with Gasteiger partial charge in [-0.25, -0.2) is 4.98 Å². The monoisotopic (exact) mass is 242 g/mol. The van der Waals surface area contributed by atoms with E-state index in [-0.39, 0.29) is 0 Å². The summed E-state index contributed by atoms with van der Waals surface area (Å²) >= 11 is 7.35. The second-order valence-corrected chi connectivity index (χ2v) is 6.23. The van der Waals surface area contributed by atoms with Gasteiger partial charge in [0.15, 0.2) is 5.13 Å². The van der Waals surface area contributed by atoms with Gasteiger partial charge in [-0.1, -0.05) is 18.0 Å². The first-order valence-corrected chi connectivity index (χ1v) is 6.86. The molecular formula is C11H15ClN2S. The van der Waals surface area contributed by atoms with Crippen LogP contribution in [0.15, 0.2) is 5.38 Å². The molecule has 1 aromatic heterocycles. The van der Waals surface area contributed by atoms with Crippen LogP contribution in [0.4, 0.5) is 5.13 Å². The van der Waals surface area contributed by atoms with Crippen LogP contribution < -0.4 is 5.32 Å². The van der Waals surface area contributed by atoms with E-state index < -0.39 is 0 Å². The molecule has 2 aliphatic carbocycles. The maximum atomic E-state index is 5.76. The van der Waals surface area contributed by atoms with Crippen molar-refractivity contribution in [3.63, 3.8) is 0 Å². The minimum Gasteiger partial charge on any atom is -0.361 e. The Morgan fingerprint density at radius 1 is 1.53 bits per heavy atom. The molecule has 2 aliphatic rings. The van der Waals surface area contributed by atoms with E-state index in [2.05, 4.69) is 10.3 Å². The van der Waals surface area contributed by atoms with Gasteiger partial charge < -0.3 is 5.32 Å². The van der Waals surface area contributed by atoms with E-state index in [4.69, 9.17) is 11.6 Å². The molecule has 2 fully saturated rings. The van der Waals surface area contributed by atoms with Crippen molar-refractivity contribution in [2.24, 2.45) is 11.3 Å². The Kier molecular flexibility index (Phi) is 2.40. The molecule has 3 rings (SSSR count). The zero-order valence-electron chi connectivity index (χ0n) is 8.63. The maximum absolute atomic E-state index is 5.76. The Hall–Kier alpha value is -0.280. The summed E-state index contributed by atoms with van der Waals surface area (Å²) in [6.45, 7) is 1.07. The van der Waals surface area contributed by atoms with Crippen molar-refractivity contribution in [1.29, 1.82) is 0 Å². The smallest absolute Gasteiger partial charge is 0.184 e. The van der Waals surface area contributed by atoms with Crippen molar-refractivity contribution in [3.05, 3.63) is 10.5 Å². The third-order valence-corrected chi connectivity index (χ3v) is 5.00. The van der Waals surface area contributed by atoms with Crippen LogP contribution in [-0.4, -0.2) is 11.5 Å². The lowest BCUT2D eigenvalue weighted by atomic mass is 9.52. The standard InChI is InChI=1S/C11H15ClN2S/c12-9-7-15-10(14-9)13-6-8-4-11(5-8)2-1-3-11/h7-8H,1-6H2,(H,13,14). The molecule has 0 bridgehead atoms. The lowest BCUT2D eigenvalue weighted by Crippen LogP contribution is -2.44. The predicted octanol–water partition coefficient (Wildman–Crippen LogP) is 3.79. The van der Waals surface area contributed by atoms with Gasteiger partial charge in [0.05, 0.1) is 0 Å². The Morgan fingerprint density at radius 2 is 2.33 bits per heavy atom. The van der Waals surface area contributed by atoms with Gasteiger partial charge in [-0.2, -0.15) is 0 Å². The number of hydrogen-bond acceptors (Lipinski definition) is 3. The zero-order valence-corrected chi connectivity index (χ0v) is 10.2. The van der Waals surface area contributed by atoms with Crippen LogP contribution in [0.1, 0.15) is 32.1 Å². The normalized spacial score (nSPS) is 23.5. The van der Waals surface area contributed by atoms with Crippen molar-refractivity contribution in [3.8, 4) is 0 Å². The van der Waals surface area contributed by atoms with Gasteiger partial charge in [-0.3, -0.25) is 0 Å². The topological polar surface area (TPSA) is 24.9 Å². The van der Waals surface area contributed by atoms with Crippen molar-refractivity contribution < 1.29 is 0 Å². The summed E-state index contributed by atoms with van der Waals surface area (Å²) in [6.07, 6.45) is 7.28. The van der Waals surface area contributed by atoms with E-state index in [1.165, 1.54) is 32.1 Å². The fraction of sp³-hybridized carbons (Fsp3) is 0.727. The highest BCUT2D eigenvalue weighted by atomic mass is 35.5. The summed E-state index contributed by atoms with van der Waals surface area (Å²) in [5.41, 5.74) is 0.785. The van der Waals surface area contributed by atoms with Crippen molar-refractivity contribution in [1.82, 2.24) is 4.98 Å². The Bertz CT molecular complexity index is 351. The first-order chi connectivity index (χ1) is 7.26. The molecule has 1 N–H and O–H groups in total. The van der Waals surface area contributed by atoms with E-state index in [1.807, 2.05) is 5.38 Å². The van der Waals surface area contributed by atoms with Crippen LogP contribution in [0.3, 0.4) is 0 Å². The summed E-state index contributed by atoms with van der Waals surface area (Å²) in [5, 5.41) is 6.82. The zero-order chi connectivity index (χ0) is 10.3. The van der Waals surface area contributed by atoms with Crippen LogP contribution in [0.5, 0.6) is 0 Å². The molecule has 4 heteroatoms. The second-order valence-electron chi connectivity index (χ2n) is 4.98. The summed E-state index contributed by atoms with van der Waals surface area (Å²) in [7, 11) is 0. The lowest BCUT2D eigenvalue weighted by Gasteiger charge is -2.54. The molecule has 2 nitrogen and oxygen atoms in total. The molecule has 0 atom stereocenters. The molecule has 0 aromatic carbocycles. The van der Waals surface area contributed by atoms with Crippen LogP contribution >= 0.6 is 22.9 Å². The number of hydrogen-bond donors (Lipinski definition) is 1. The minimum atomic E-state index is 0.603. The Morgan fingerprint density at radius 3 is 2.87 bits per heavy atom. The van der Waals surface area contributed by atoms with E-state index in [0.717, 1.165) is 23.0 Å². The highest BCUT2D eigenvalue weighted by Gasteiger charge is 2.47. The molecule has 1 aromatic rings. The number of aromatic nitrogens is 1. The number of thiazole rings is 1. The van der Waals surface area contributed by atoms with E-state index in [0.29, 0.717) is 5.15 Å². The second kappa shape index (κ2) is 3.63. The molecule has 0 radical (unpaired) electrons.